The Morgan fingerprint density at radius 3 is 2.71 bits per heavy atom. The van der Waals surface area contributed by atoms with Gasteiger partial charge in [0.1, 0.15) is 0 Å². The third kappa shape index (κ3) is 0.235. The zero-order valence-electron chi connectivity index (χ0n) is 4.13. The van der Waals surface area contributed by atoms with Gasteiger partial charge in [0.15, 0.2) is 0 Å². The van der Waals surface area contributed by atoms with Gasteiger partial charge >= 0.3 is 0 Å². The van der Waals surface area contributed by atoms with Gasteiger partial charge in [0.2, 0.25) is 0 Å². The third-order valence-electron chi connectivity index (χ3n) is 2.56. The van der Waals surface area contributed by atoms with Gasteiger partial charge in [0, 0.05) is 0 Å². The van der Waals surface area contributed by atoms with E-state index in [0.717, 1.165) is 24.0 Å². The zero-order valence-corrected chi connectivity index (χ0v) is 4.13. The molecule has 0 N–H and O–H groups in total. The molecule has 4 unspecified atom stereocenters. The van der Waals surface area contributed by atoms with Crippen LogP contribution in [-0.4, -0.2) is 12.2 Å². The van der Waals surface area contributed by atoms with Crippen molar-refractivity contribution in [3.8, 4) is 0 Å². The van der Waals surface area contributed by atoms with Crippen LogP contribution in [0.2, 0.25) is 0 Å². The van der Waals surface area contributed by atoms with Crippen LogP contribution in [0.15, 0.2) is 0 Å². The molecule has 0 aromatic rings. The summed E-state index contributed by atoms with van der Waals surface area (Å²) in [5.41, 5.74) is 0. The molecule has 3 rings (SSSR count). The van der Waals surface area contributed by atoms with E-state index in [4.69, 9.17) is 4.74 Å². The molecule has 2 saturated carbocycles. The number of ether oxygens (including phenoxy) is 1. The van der Waals surface area contributed by atoms with Crippen LogP contribution in [0.5, 0.6) is 0 Å². The predicted octanol–water partition coefficient (Wildman–Crippen LogP) is 0.794. The second kappa shape index (κ2) is 0.655. The van der Waals surface area contributed by atoms with E-state index in [1.165, 1.54) is 12.8 Å². The first-order valence-corrected chi connectivity index (χ1v) is 3.10. The average molecular weight is 96.1 g/mol. The number of hydrogen-bond donors (Lipinski definition) is 0. The molecule has 4 atom stereocenters. The lowest BCUT2D eigenvalue weighted by atomic mass is 10.3. The van der Waals surface area contributed by atoms with E-state index >= 15 is 0 Å². The van der Waals surface area contributed by atoms with Crippen LogP contribution in [0.4, 0.5) is 0 Å². The monoisotopic (exact) mass is 96.1 g/mol. The largest absolute Gasteiger partial charge is 0.369 e. The van der Waals surface area contributed by atoms with Gasteiger partial charge in [0.25, 0.3) is 0 Å². The van der Waals surface area contributed by atoms with Crippen LogP contribution < -0.4 is 0 Å². The van der Waals surface area contributed by atoms with E-state index < -0.39 is 0 Å². The Balaban J connectivity index is 2.02. The maximum absolute atomic E-state index is 5.31. The van der Waals surface area contributed by atoms with Gasteiger partial charge in [-0.15, -0.1) is 0 Å². The molecule has 3 aliphatic rings. The van der Waals surface area contributed by atoms with Crippen molar-refractivity contribution in [1.29, 1.82) is 0 Å². The average Bonchev–Trinajstić information content (AvgIpc) is 2.47. The summed E-state index contributed by atoms with van der Waals surface area (Å²) in [6.07, 6.45) is 4.38. The van der Waals surface area contributed by atoms with Crippen molar-refractivity contribution < 1.29 is 4.74 Å². The standard InChI is InChI=1S/C6H8O/c1-3-2-5-6(7-5)4(1)3/h3-6H,1-2H2. The smallest absolute Gasteiger partial charge is 0.0872 e. The molecule has 0 bridgehead atoms. The fourth-order valence-corrected chi connectivity index (χ4v) is 1.97. The minimum absolute atomic E-state index is 0.740. The Labute approximate surface area is 42.7 Å². The first-order chi connectivity index (χ1) is 3.45. The molecule has 38 valence electrons. The van der Waals surface area contributed by atoms with Crippen molar-refractivity contribution in [2.45, 2.75) is 25.0 Å². The summed E-state index contributed by atoms with van der Waals surface area (Å²) >= 11 is 0. The molecule has 7 heavy (non-hydrogen) atoms. The Morgan fingerprint density at radius 2 is 2.29 bits per heavy atom. The molecule has 3 fully saturated rings. The number of rotatable bonds is 0. The molecule has 0 aromatic carbocycles. The number of hydrogen-bond acceptors (Lipinski definition) is 1. The van der Waals surface area contributed by atoms with E-state index in [0.29, 0.717) is 0 Å². The molecule has 0 aromatic heterocycles. The lowest BCUT2D eigenvalue weighted by Gasteiger charge is -1.81. The van der Waals surface area contributed by atoms with E-state index in [1.807, 2.05) is 0 Å². The van der Waals surface area contributed by atoms with Crippen LogP contribution in [0, 0.1) is 11.8 Å². The second-order valence-corrected chi connectivity index (χ2v) is 3.03. The normalized spacial score (nSPS) is 72.0. The first-order valence-electron chi connectivity index (χ1n) is 3.10. The fraction of sp³-hybridized carbons (Fsp3) is 1.00. The van der Waals surface area contributed by atoms with E-state index in [9.17, 15) is 0 Å². The van der Waals surface area contributed by atoms with Crippen molar-refractivity contribution in [1.82, 2.24) is 0 Å². The van der Waals surface area contributed by atoms with E-state index in [-0.39, 0.29) is 0 Å². The molecule has 1 saturated heterocycles. The summed E-state index contributed by atoms with van der Waals surface area (Å²) in [5, 5.41) is 0. The predicted molar refractivity (Wildman–Crippen MR) is 24.9 cm³/mol. The van der Waals surface area contributed by atoms with Crippen LogP contribution in [0.1, 0.15) is 12.8 Å². The van der Waals surface area contributed by atoms with Crippen LogP contribution in [0.25, 0.3) is 0 Å². The third-order valence-corrected chi connectivity index (χ3v) is 2.56. The lowest BCUT2D eigenvalue weighted by Crippen LogP contribution is -1.84. The highest BCUT2D eigenvalue weighted by Gasteiger charge is 2.63. The summed E-state index contributed by atoms with van der Waals surface area (Å²) in [7, 11) is 0. The van der Waals surface area contributed by atoms with Gasteiger partial charge in [-0.3, -0.25) is 0 Å². The van der Waals surface area contributed by atoms with Crippen LogP contribution in [-0.2, 0) is 4.74 Å². The van der Waals surface area contributed by atoms with Gasteiger partial charge in [-0.05, 0) is 24.7 Å². The Morgan fingerprint density at radius 1 is 1.29 bits per heavy atom. The molecule has 0 amide bonds. The molecule has 0 spiro atoms. The van der Waals surface area contributed by atoms with Crippen LogP contribution in [0.3, 0.4) is 0 Å². The van der Waals surface area contributed by atoms with Gasteiger partial charge < -0.3 is 4.74 Å². The van der Waals surface area contributed by atoms with Crippen molar-refractivity contribution in [2.75, 3.05) is 0 Å². The summed E-state index contributed by atoms with van der Waals surface area (Å²) in [4.78, 5) is 0. The topological polar surface area (TPSA) is 12.5 Å². The van der Waals surface area contributed by atoms with Crippen LogP contribution >= 0.6 is 0 Å². The quantitative estimate of drug-likeness (QED) is 0.406. The number of epoxide rings is 1. The molecule has 1 heteroatoms. The SMILES string of the molecule is C1C2CC2C2OC12. The molecular formula is C6H8O. The summed E-state index contributed by atoms with van der Waals surface area (Å²) in [5.74, 6) is 2.15. The highest BCUT2D eigenvalue weighted by Crippen LogP contribution is 2.61. The van der Waals surface area contributed by atoms with Crippen molar-refractivity contribution in [3.05, 3.63) is 0 Å². The van der Waals surface area contributed by atoms with E-state index in [1.54, 1.807) is 0 Å². The second-order valence-electron chi connectivity index (χ2n) is 3.03. The molecule has 2 aliphatic carbocycles. The molecule has 1 heterocycles. The zero-order chi connectivity index (χ0) is 4.43. The van der Waals surface area contributed by atoms with Gasteiger partial charge in [-0.1, -0.05) is 0 Å². The Bertz CT molecular complexity index is 107. The Hall–Kier alpha value is -0.0400. The number of fused-ring (bicyclic) bond motifs is 3. The van der Waals surface area contributed by atoms with Crippen molar-refractivity contribution in [2.24, 2.45) is 11.8 Å². The summed E-state index contributed by atoms with van der Waals surface area (Å²) in [6.45, 7) is 0. The molecule has 0 radical (unpaired) electrons. The van der Waals surface area contributed by atoms with Gasteiger partial charge in [-0.25, -0.2) is 0 Å². The molecule has 1 aliphatic heterocycles. The maximum Gasteiger partial charge on any atom is 0.0872 e. The first kappa shape index (κ1) is 3.08. The Kier molecular flexibility index (Phi) is 0.288. The van der Waals surface area contributed by atoms with Gasteiger partial charge in [-0.2, -0.15) is 0 Å². The summed E-state index contributed by atoms with van der Waals surface area (Å²) < 4.78 is 5.31. The minimum atomic E-state index is 0.740. The summed E-state index contributed by atoms with van der Waals surface area (Å²) in [6, 6.07) is 0. The van der Waals surface area contributed by atoms with Crippen molar-refractivity contribution in [3.63, 3.8) is 0 Å². The van der Waals surface area contributed by atoms with Crippen molar-refractivity contribution >= 4 is 0 Å². The molecule has 1 nitrogen and oxygen atoms in total. The highest BCUT2D eigenvalue weighted by atomic mass is 16.6. The highest BCUT2D eigenvalue weighted by molar-refractivity contribution is 5.11. The van der Waals surface area contributed by atoms with Gasteiger partial charge in [0.05, 0.1) is 12.2 Å². The minimum Gasteiger partial charge on any atom is -0.369 e. The maximum atomic E-state index is 5.31. The lowest BCUT2D eigenvalue weighted by molar-refractivity contribution is 0.313. The van der Waals surface area contributed by atoms with E-state index in [2.05, 4.69) is 0 Å². The molecular weight excluding hydrogens is 88.1 g/mol. The fourth-order valence-electron chi connectivity index (χ4n) is 1.97.